The molecule has 3 nitrogen and oxygen atoms in total. The Morgan fingerprint density at radius 2 is 2.10 bits per heavy atom. The lowest BCUT2D eigenvalue weighted by Gasteiger charge is -2.17. The number of benzene rings is 1. The summed E-state index contributed by atoms with van der Waals surface area (Å²) in [7, 11) is 0. The van der Waals surface area contributed by atoms with Crippen LogP contribution in [0.2, 0.25) is 10.0 Å². The maximum Gasteiger partial charge on any atom is 0.124 e. The largest absolute Gasteiger partial charge is 0.378 e. The van der Waals surface area contributed by atoms with Gasteiger partial charge in [0.2, 0.25) is 0 Å². The fourth-order valence-electron chi connectivity index (χ4n) is 2.73. The number of fused-ring (bicyclic) bond motifs is 1. The van der Waals surface area contributed by atoms with Crippen LogP contribution in [0, 0.1) is 5.92 Å². The molecule has 0 N–H and O–H groups in total. The Morgan fingerprint density at radius 3 is 2.75 bits per heavy atom. The Bertz CT molecular complexity index is 641. The number of halogens is 3. The Morgan fingerprint density at radius 1 is 1.35 bits per heavy atom. The van der Waals surface area contributed by atoms with Gasteiger partial charge in [-0.1, -0.05) is 23.2 Å². The predicted molar refractivity (Wildman–Crippen MR) is 82.8 cm³/mol. The zero-order valence-electron chi connectivity index (χ0n) is 11.1. The second kappa shape index (κ2) is 5.72. The third-order valence-electron chi connectivity index (χ3n) is 3.94. The molecule has 2 atom stereocenters. The summed E-state index contributed by atoms with van der Waals surface area (Å²) < 4.78 is 7.77. The average molecular weight is 334 g/mol. The SMILES string of the molecule is CC1OCCC1Cn1c(CCl)nc2cc(Cl)c(Cl)cc21. The molecule has 1 saturated heterocycles. The van der Waals surface area contributed by atoms with Crippen molar-refractivity contribution >= 4 is 45.8 Å². The average Bonchev–Trinajstić information content (AvgIpc) is 2.96. The molecule has 0 saturated carbocycles. The molecule has 6 heteroatoms. The zero-order valence-corrected chi connectivity index (χ0v) is 13.3. The summed E-state index contributed by atoms with van der Waals surface area (Å²) in [6.45, 7) is 3.78. The first kappa shape index (κ1) is 14.5. The summed E-state index contributed by atoms with van der Waals surface area (Å²) in [6, 6.07) is 3.66. The van der Waals surface area contributed by atoms with E-state index < -0.39 is 0 Å². The van der Waals surface area contributed by atoms with Gasteiger partial charge in [0, 0.05) is 19.1 Å². The van der Waals surface area contributed by atoms with Crippen LogP contribution < -0.4 is 0 Å². The molecule has 2 unspecified atom stereocenters. The number of ether oxygens (including phenoxy) is 1. The number of nitrogens with zero attached hydrogens (tertiary/aromatic N) is 2. The van der Waals surface area contributed by atoms with Gasteiger partial charge in [0.05, 0.1) is 33.1 Å². The van der Waals surface area contributed by atoms with Crippen molar-refractivity contribution in [1.82, 2.24) is 9.55 Å². The van der Waals surface area contributed by atoms with E-state index in [1.54, 1.807) is 6.07 Å². The van der Waals surface area contributed by atoms with Gasteiger partial charge in [-0.25, -0.2) is 4.98 Å². The van der Waals surface area contributed by atoms with Crippen molar-refractivity contribution in [3.8, 4) is 0 Å². The highest BCUT2D eigenvalue weighted by atomic mass is 35.5. The third-order valence-corrected chi connectivity index (χ3v) is 4.90. The smallest absolute Gasteiger partial charge is 0.124 e. The minimum atomic E-state index is 0.262. The van der Waals surface area contributed by atoms with Crippen LogP contribution in [0.5, 0.6) is 0 Å². The molecule has 1 aliphatic rings. The standard InChI is InChI=1S/C14H15Cl3N2O/c1-8-9(2-3-20-8)7-19-13-5-11(17)10(16)4-12(13)18-14(19)6-15/h4-5,8-9H,2-3,6-7H2,1H3. The van der Waals surface area contributed by atoms with Gasteiger partial charge in [-0.15, -0.1) is 11.6 Å². The van der Waals surface area contributed by atoms with Crippen molar-refractivity contribution in [2.45, 2.75) is 31.9 Å². The van der Waals surface area contributed by atoms with Crippen molar-refractivity contribution < 1.29 is 4.74 Å². The van der Waals surface area contributed by atoms with Gasteiger partial charge in [0.15, 0.2) is 0 Å². The second-order valence-corrected chi connectivity index (χ2v) is 6.23. The highest BCUT2D eigenvalue weighted by Gasteiger charge is 2.26. The van der Waals surface area contributed by atoms with Crippen molar-refractivity contribution in [2.75, 3.05) is 6.61 Å². The monoisotopic (exact) mass is 332 g/mol. The molecule has 20 heavy (non-hydrogen) atoms. The summed E-state index contributed by atoms with van der Waals surface area (Å²) in [5.41, 5.74) is 1.82. The Kier molecular flexibility index (Phi) is 4.14. The minimum Gasteiger partial charge on any atom is -0.378 e. The van der Waals surface area contributed by atoms with E-state index in [0.717, 1.165) is 36.4 Å². The van der Waals surface area contributed by atoms with Crippen LogP contribution in [0.1, 0.15) is 19.2 Å². The molecule has 2 heterocycles. The number of hydrogen-bond acceptors (Lipinski definition) is 2. The van der Waals surface area contributed by atoms with E-state index in [0.29, 0.717) is 21.8 Å². The molecule has 0 amide bonds. The van der Waals surface area contributed by atoms with E-state index in [-0.39, 0.29) is 6.10 Å². The van der Waals surface area contributed by atoms with Crippen LogP contribution >= 0.6 is 34.8 Å². The first-order chi connectivity index (χ1) is 9.60. The van der Waals surface area contributed by atoms with Crippen molar-refractivity contribution in [3.05, 3.63) is 28.0 Å². The zero-order chi connectivity index (χ0) is 14.3. The molecule has 108 valence electrons. The first-order valence-corrected chi connectivity index (χ1v) is 7.91. The number of hydrogen-bond donors (Lipinski definition) is 0. The quantitative estimate of drug-likeness (QED) is 0.773. The molecule has 1 aromatic heterocycles. The van der Waals surface area contributed by atoms with Crippen LogP contribution in [-0.2, 0) is 17.2 Å². The molecule has 1 aromatic carbocycles. The van der Waals surface area contributed by atoms with E-state index in [2.05, 4.69) is 16.5 Å². The summed E-state index contributed by atoms with van der Waals surface area (Å²) in [5.74, 6) is 1.69. The predicted octanol–water partition coefficient (Wildman–Crippen LogP) is 4.51. The molecule has 2 aromatic rings. The third kappa shape index (κ3) is 2.52. The number of imidazole rings is 1. The van der Waals surface area contributed by atoms with Gasteiger partial charge < -0.3 is 9.30 Å². The van der Waals surface area contributed by atoms with Gasteiger partial charge >= 0.3 is 0 Å². The van der Waals surface area contributed by atoms with Crippen molar-refractivity contribution in [2.24, 2.45) is 5.92 Å². The van der Waals surface area contributed by atoms with Crippen LogP contribution in [0.3, 0.4) is 0 Å². The summed E-state index contributed by atoms with van der Waals surface area (Å²) in [6.07, 6.45) is 1.32. The maximum absolute atomic E-state index is 6.13. The first-order valence-electron chi connectivity index (χ1n) is 6.62. The molecular formula is C14H15Cl3N2O. The number of alkyl halides is 1. The van der Waals surface area contributed by atoms with Crippen molar-refractivity contribution in [1.29, 1.82) is 0 Å². The lowest BCUT2D eigenvalue weighted by Crippen LogP contribution is -2.19. The van der Waals surface area contributed by atoms with Gasteiger partial charge in [-0.3, -0.25) is 0 Å². The van der Waals surface area contributed by atoms with Crippen LogP contribution in [0.25, 0.3) is 11.0 Å². The van der Waals surface area contributed by atoms with E-state index in [9.17, 15) is 0 Å². The van der Waals surface area contributed by atoms with Crippen molar-refractivity contribution in [3.63, 3.8) is 0 Å². The second-order valence-electron chi connectivity index (χ2n) is 5.15. The van der Waals surface area contributed by atoms with Crippen LogP contribution in [0.4, 0.5) is 0 Å². The highest BCUT2D eigenvalue weighted by molar-refractivity contribution is 6.42. The Hall–Kier alpha value is -0.480. The topological polar surface area (TPSA) is 27.1 Å². The molecule has 0 radical (unpaired) electrons. The van der Waals surface area contributed by atoms with Gasteiger partial charge in [0.1, 0.15) is 5.82 Å². The van der Waals surface area contributed by atoms with E-state index in [1.165, 1.54) is 0 Å². The fourth-order valence-corrected chi connectivity index (χ4v) is 3.25. The Balaban J connectivity index is 2.05. The molecule has 0 aliphatic carbocycles. The van der Waals surface area contributed by atoms with Gasteiger partial charge in [-0.2, -0.15) is 0 Å². The summed E-state index contributed by atoms with van der Waals surface area (Å²) >= 11 is 18.2. The molecule has 0 spiro atoms. The van der Waals surface area contributed by atoms with Gasteiger partial charge in [-0.05, 0) is 25.5 Å². The maximum atomic E-state index is 6.13. The lowest BCUT2D eigenvalue weighted by atomic mass is 10.0. The lowest BCUT2D eigenvalue weighted by molar-refractivity contribution is 0.102. The summed E-state index contributed by atoms with van der Waals surface area (Å²) in [4.78, 5) is 4.55. The molecular weight excluding hydrogens is 319 g/mol. The fraction of sp³-hybridized carbons (Fsp3) is 0.500. The van der Waals surface area contributed by atoms with Crippen LogP contribution in [0.15, 0.2) is 12.1 Å². The van der Waals surface area contributed by atoms with E-state index in [1.807, 2.05) is 6.07 Å². The normalized spacial score (nSPS) is 22.8. The highest BCUT2D eigenvalue weighted by Crippen LogP contribution is 2.31. The molecule has 1 aliphatic heterocycles. The minimum absolute atomic E-state index is 0.262. The molecule has 3 rings (SSSR count). The van der Waals surface area contributed by atoms with Crippen LogP contribution in [-0.4, -0.2) is 22.3 Å². The van der Waals surface area contributed by atoms with E-state index >= 15 is 0 Å². The summed E-state index contributed by atoms with van der Waals surface area (Å²) in [5, 5.41) is 1.06. The Labute approximate surface area is 132 Å². The van der Waals surface area contributed by atoms with Gasteiger partial charge in [0.25, 0.3) is 0 Å². The van der Waals surface area contributed by atoms with E-state index in [4.69, 9.17) is 39.5 Å². The number of rotatable bonds is 3. The molecule has 1 fully saturated rings. The number of aromatic nitrogens is 2. The molecule has 0 bridgehead atoms.